The van der Waals surface area contributed by atoms with Gasteiger partial charge in [-0.15, -0.1) is 0 Å². The summed E-state index contributed by atoms with van der Waals surface area (Å²) in [6, 6.07) is 15.6. The number of aliphatic carboxylic acids is 1. The average molecular weight is 337 g/mol. The van der Waals surface area contributed by atoms with E-state index in [0.717, 1.165) is 25.9 Å². The molecule has 0 spiro atoms. The minimum absolute atomic E-state index is 0.190. The average Bonchev–Trinajstić information content (AvgIpc) is 2.60. The van der Waals surface area contributed by atoms with Gasteiger partial charge in [0.1, 0.15) is 0 Å². The number of hydrogen-bond donors (Lipinski definition) is 1. The van der Waals surface area contributed by atoms with Crippen LogP contribution < -0.4 is 0 Å². The first-order valence-corrected chi connectivity index (χ1v) is 9.06. The molecule has 2 aromatic rings. The van der Waals surface area contributed by atoms with Crippen molar-refractivity contribution in [1.29, 1.82) is 0 Å². The summed E-state index contributed by atoms with van der Waals surface area (Å²) in [5.41, 5.74) is 6.42. The predicted octanol–water partition coefficient (Wildman–Crippen LogP) is 4.50. The maximum absolute atomic E-state index is 11.3. The SMILES string of the molecule is Cc1ccc(C(c2cc(C)ccc2C)N2CCC(C(=O)O)CC2)cc1. The minimum atomic E-state index is -0.654. The third-order valence-corrected chi connectivity index (χ3v) is 5.37. The van der Waals surface area contributed by atoms with E-state index in [-0.39, 0.29) is 12.0 Å². The Morgan fingerprint density at radius 3 is 2.20 bits per heavy atom. The fourth-order valence-corrected chi connectivity index (χ4v) is 3.79. The minimum Gasteiger partial charge on any atom is -0.481 e. The molecule has 1 fully saturated rings. The summed E-state index contributed by atoms with van der Waals surface area (Å²) in [4.78, 5) is 13.7. The van der Waals surface area contributed by atoms with Gasteiger partial charge in [0.25, 0.3) is 0 Å². The molecule has 1 aliphatic rings. The third-order valence-electron chi connectivity index (χ3n) is 5.37. The first-order chi connectivity index (χ1) is 12.0. The number of benzene rings is 2. The van der Waals surface area contributed by atoms with E-state index >= 15 is 0 Å². The molecular weight excluding hydrogens is 310 g/mol. The molecule has 1 aliphatic heterocycles. The van der Waals surface area contributed by atoms with Crippen LogP contribution in [0.15, 0.2) is 42.5 Å². The maximum Gasteiger partial charge on any atom is 0.306 e. The molecule has 0 amide bonds. The van der Waals surface area contributed by atoms with Gasteiger partial charge in [-0.05, 0) is 63.4 Å². The Bertz CT molecular complexity index is 743. The van der Waals surface area contributed by atoms with Crippen LogP contribution in [-0.4, -0.2) is 29.1 Å². The van der Waals surface area contributed by atoms with E-state index < -0.39 is 5.97 Å². The van der Waals surface area contributed by atoms with Gasteiger partial charge in [0.2, 0.25) is 0 Å². The van der Waals surface area contributed by atoms with E-state index in [1.165, 1.54) is 27.8 Å². The van der Waals surface area contributed by atoms with E-state index in [4.69, 9.17) is 0 Å². The lowest BCUT2D eigenvalue weighted by Crippen LogP contribution is -2.39. The molecule has 2 aromatic carbocycles. The van der Waals surface area contributed by atoms with Crippen LogP contribution in [0.5, 0.6) is 0 Å². The van der Waals surface area contributed by atoms with E-state index in [2.05, 4.69) is 68.1 Å². The molecule has 1 heterocycles. The van der Waals surface area contributed by atoms with E-state index in [0.29, 0.717) is 0 Å². The normalized spacial score (nSPS) is 17.4. The third kappa shape index (κ3) is 3.93. The highest BCUT2D eigenvalue weighted by Crippen LogP contribution is 2.34. The number of rotatable bonds is 4. The summed E-state index contributed by atoms with van der Waals surface area (Å²) in [7, 11) is 0. The van der Waals surface area contributed by atoms with E-state index in [1.807, 2.05) is 0 Å². The van der Waals surface area contributed by atoms with Gasteiger partial charge < -0.3 is 5.11 Å². The van der Waals surface area contributed by atoms with Crippen LogP contribution in [0.25, 0.3) is 0 Å². The monoisotopic (exact) mass is 337 g/mol. The molecular formula is C22H27NO2. The summed E-state index contributed by atoms with van der Waals surface area (Å²) in [5, 5.41) is 9.29. The first-order valence-electron chi connectivity index (χ1n) is 9.06. The zero-order valence-electron chi connectivity index (χ0n) is 15.3. The van der Waals surface area contributed by atoms with Crippen LogP contribution in [0.2, 0.25) is 0 Å². The standard InChI is InChI=1S/C22H27NO2/c1-15-5-8-18(9-6-15)21(20-14-16(2)4-7-17(20)3)23-12-10-19(11-13-23)22(24)25/h4-9,14,19,21H,10-13H2,1-3H3,(H,24,25). The number of carbonyl (C=O) groups is 1. The van der Waals surface area contributed by atoms with Crippen LogP contribution in [0, 0.1) is 26.7 Å². The van der Waals surface area contributed by atoms with Gasteiger partial charge in [-0.2, -0.15) is 0 Å². The molecule has 25 heavy (non-hydrogen) atoms. The van der Waals surface area contributed by atoms with Crippen molar-refractivity contribution in [3.8, 4) is 0 Å². The van der Waals surface area contributed by atoms with Gasteiger partial charge in [-0.1, -0.05) is 53.6 Å². The first kappa shape index (κ1) is 17.7. The molecule has 3 rings (SSSR count). The van der Waals surface area contributed by atoms with Crippen LogP contribution in [0.4, 0.5) is 0 Å². The Kier molecular flexibility index (Phi) is 5.24. The molecule has 3 heteroatoms. The molecule has 1 unspecified atom stereocenters. The Balaban J connectivity index is 1.96. The molecule has 0 aromatic heterocycles. The summed E-state index contributed by atoms with van der Waals surface area (Å²) in [6.45, 7) is 8.05. The molecule has 0 aliphatic carbocycles. The van der Waals surface area contributed by atoms with Crippen molar-refractivity contribution in [1.82, 2.24) is 4.90 Å². The number of aryl methyl sites for hydroxylation is 3. The molecule has 1 atom stereocenters. The molecule has 132 valence electrons. The van der Waals surface area contributed by atoms with Crippen LogP contribution >= 0.6 is 0 Å². The van der Waals surface area contributed by atoms with Gasteiger partial charge >= 0.3 is 5.97 Å². The zero-order chi connectivity index (χ0) is 18.0. The molecule has 0 saturated carbocycles. The van der Waals surface area contributed by atoms with Crippen molar-refractivity contribution in [2.45, 2.75) is 39.7 Å². The smallest absolute Gasteiger partial charge is 0.306 e. The van der Waals surface area contributed by atoms with E-state index in [9.17, 15) is 9.90 Å². The zero-order valence-corrected chi connectivity index (χ0v) is 15.3. The Morgan fingerprint density at radius 2 is 1.60 bits per heavy atom. The summed E-state index contributed by atoms with van der Waals surface area (Å²) in [5.74, 6) is -0.855. The fourth-order valence-electron chi connectivity index (χ4n) is 3.79. The van der Waals surface area contributed by atoms with Crippen molar-refractivity contribution in [2.24, 2.45) is 5.92 Å². The van der Waals surface area contributed by atoms with Gasteiger partial charge in [-0.3, -0.25) is 9.69 Å². The molecule has 0 bridgehead atoms. The highest BCUT2D eigenvalue weighted by Gasteiger charge is 2.30. The maximum atomic E-state index is 11.3. The summed E-state index contributed by atoms with van der Waals surface area (Å²) < 4.78 is 0. The second kappa shape index (κ2) is 7.40. The van der Waals surface area contributed by atoms with Crippen LogP contribution in [-0.2, 0) is 4.79 Å². The van der Waals surface area contributed by atoms with Crippen molar-refractivity contribution >= 4 is 5.97 Å². The number of hydrogen-bond acceptors (Lipinski definition) is 2. The largest absolute Gasteiger partial charge is 0.481 e. The predicted molar refractivity (Wildman–Crippen MR) is 101 cm³/mol. The number of likely N-dealkylation sites (tertiary alicyclic amines) is 1. The molecule has 3 nitrogen and oxygen atoms in total. The van der Waals surface area contributed by atoms with Gasteiger partial charge in [0, 0.05) is 0 Å². The lowest BCUT2D eigenvalue weighted by Gasteiger charge is -2.38. The molecule has 1 saturated heterocycles. The number of piperidine rings is 1. The lowest BCUT2D eigenvalue weighted by molar-refractivity contribution is -0.143. The quantitative estimate of drug-likeness (QED) is 0.893. The summed E-state index contributed by atoms with van der Waals surface area (Å²) >= 11 is 0. The van der Waals surface area contributed by atoms with Gasteiger partial charge in [0.05, 0.1) is 12.0 Å². The molecule has 1 N–H and O–H groups in total. The number of carboxylic acid groups (broad SMARTS) is 1. The second-order valence-electron chi connectivity index (χ2n) is 7.32. The Labute approximate surface area is 150 Å². The van der Waals surface area contributed by atoms with Crippen molar-refractivity contribution in [2.75, 3.05) is 13.1 Å². The van der Waals surface area contributed by atoms with Crippen LogP contribution in [0.1, 0.15) is 46.7 Å². The van der Waals surface area contributed by atoms with Crippen molar-refractivity contribution in [3.63, 3.8) is 0 Å². The number of carboxylic acids is 1. The summed E-state index contributed by atoms with van der Waals surface area (Å²) in [6.07, 6.45) is 1.45. The second-order valence-corrected chi connectivity index (χ2v) is 7.32. The topological polar surface area (TPSA) is 40.5 Å². The van der Waals surface area contributed by atoms with Gasteiger partial charge in [0.15, 0.2) is 0 Å². The highest BCUT2D eigenvalue weighted by atomic mass is 16.4. The van der Waals surface area contributed by atoms with E-state index in [1.54, 1.807) is 0 Å². The highest BCUT2D eigenvalue weighted by molar-refractivity contribution is 5.70. The fraction of sp³-hybridized carbons (Fsp3) is 0.409. The van der Waals surface area contributed by atoms with Crippen LogP contribution in [0.3, 0.4) is 0 Å². The number of nitrogens with zero attached hydrogens (tertiary/aromatic N) is 1. The lowest BCUT2D eigenvalue weighted by atomic mass is 9.88. The Morgan fingerprint density at radius 1 is 1.00 bits per heavy atom. The van der Waals surface area contributed by atoms with Crippen molar-refractivity contribution in [3.05, 3.63) is 70.3 Å². The van der Waals surface area contributed by atoms with Gasteiger partial charge in [-0.25, -0.2) is 0 Å². The Hall–Kier alpha value is -2.13. The molecule has 0 radical (unpaired) electrons. The van der Waals surface area contributed by atoms with Crippen molar-refractivity contribution < 1.29 is 9.90 Å².